The van der Waals surface area contributed by atoms with Gasteiger partial charge in [-0.15, -0.1) is 0 Å². The molecule has 0 saturated heterocycles. The van der Waals surface area contributed by atoms with Crippen LogP contribution in [0.3, 0.4) is 0 Å². The van der Waals surface area contributed by atoms with Crippen molar-refractivity contribution in [3.05, 3.63) is 35.9 Å². The van der Waals surface area contributed by atoms with Crippen LogP contribution >= 0.6 is 0 Å². The summed E-state index contributed by atoms with van der Waals surface area (Å²) >= 11 is 0. The molecular weight excluding hydrogens is 442 g/mol. The molecular formula is C23H35N5O6. The van der Waals surface area contributed by atoms with E-state index < -0.39 is 53.8 Å². The van der Waals surface area contributed by atoms with Crippen LogP contribution in [0.25, 0.3) is 0 Å². The minimum Gasteiger partial charge on any atom is -0.480 e. The van der Waals surface area contributed by atoms with Gasteiger partial charge in [0.1, 0.15) is 18.1 Å². The van der Waals surface area contributed by atoms with Gasteiger partial charge in [-0.2, -0.15) is 0 Å². The van der Waals surface area contributed by atoms with Gasteiger partial charge in [-0.25, -0.2) is 0 Å². The molecule has 8 N–H and O–H groups in total. The fourth-order valence-electron chi connectivity index (χ4n) is 3.15. The zero-order valence-electron chi connectivity index (χ0n) is 19.7. The normalized spacial score (nSPS) is 14.4. The van der Waals surface area contributed by atoms with E-state index in [4.69, 9.17) is 16.6 Å². The van der Waals surface area contributed by atoms with Gasteiger partial charge in [-0.3, -0.25) is 24.0 Å². The van der Waals surface area contributed by atoms with E-state index in [1.165, 1.54) is 6.92 Å². The number of hydrogen-bond acceptors (Lipinski definition) is 6. The van der Waals surface area contributed by atoms with Crippen LogP contribution in [0.1, 0.15) is 45.6 Å². The highest BCUT2D eigenvalue weighted by atomic mass is 16.4. The van der Waals surface area contributed by atoms with E-state index in [1.807, 2.05) is 44.2 Å². The lowest BCUT2D eigenvalue weighted by Gasteiger charge is -2.25. The summed E-state index contributed by atoms with van der Waals surface area (Å²) in [6.07, 6.45) is 0.211. The van der Waals surface area contributed by atoms with E-state index in [2.05, 4.69) is 16.0 Å². The molecule has 0 radical (unpaired) electrons. The Morgan fingerprint density at radius 1 is 0.882 bits per heavy atom. The molecule has 0 aliphatic carbocycles. The number of carboxylic acids is 1. The Kier molecular flexibility index (Phi) is 11.7. The third-order valence-electron chi connectivity index (χ3n) is 5.02. The molecule has 1 rings (SSSR count). The summed E-state index contributed by atoms with van der Waals surface area (Å²) in [5.74, 6) is -3.88. The Balaban J connectivity index is 2.92. The number of hydrogen-bond donors (Lipinski definition) is 6. The lowest BCUT2D eigenvalue weighted by atomic mass is 10.0. The molecule has 188 valence electrons. The molecule has 0 aromatic heterocycles. The Bertz CT molecular complexity index is 861. The summed E-state index contributed by atoms with van der Waals surface area (Å²) in [6, 6.07) is 4.88. The largest absolute Gasteiger partial charge is 0.480 e. The van der Waals surface area contributed by atoms with Gasteiger partial charge in [-0.05, 0) is 37.7 Å². The fourth-order valence-corrected chi connectivity index (χ4v) is 3.15. The third-order valence-corrected chi connectivity index (χ3v) is 5.02. The molecule has 11 heteroatoms. The smallest absolute Gasteiger partial charge is 0.325 e. The molecule has 0 aliphatic rings. The van der Waals surface area contributed by atoms with Crippen LogP contribution in [0, 0.1) is 5.92 Å². The Morgan fingerprint density at radius 3 is 1.97 bits per heavy atom. The average molecular weight is 478 g/mol. The summed E-state index contributed by atoms with van der Waals surface area (Å²) in [5, 5.41) is 16.4. The second-order valence-electron chi connectivity index (χ2n) is 8.62. The van der Waals surface area contributed by atoms with Crippen molar-refractivity contribution >= 4 is 29.6 Å². The van der Waals surface area contributed by atoms with Crippen molar-refractivity contribution in [2.45, 2.75) is 70.6 Å². The predicted octanol–water partition coefficient (Wildman–Crippen LogP) is -0.573. The van der Waals surface area contributed by atoms with Crippen molar-refractivity contribution in [2.75, 3.05) is 0 Å². The first kappa shape index (κ1) is 28.6. The quantitative estimate of drug-likeness (QED) is 0.206. The van der Waals surface area contributed by atoms with Crippen molar-refractivity contribution in [3.63, 3.8) is 0 Å². The molecule has 1 aromatic rings. The average Bonchev–Trinajstić information content (AvgIpc) is 2.75. The highest BCUT2D eigenvalue weighted by Crippen LogP contribution is 2.08. The third kappa shape index (κ3) is 10.4. The molecule has 4 unspecified atom stereocenters. The monoisotopic (exact) mass is 477 g/mol. The Labute approximate surface area is 199 Å². The van der Waals surface area contributed by atoms with Gasteiger partial charge in [0.15, 0.2) is 0 Å². The molecule has 4 amide bonds. The summed E-state index contributed by atoms with van der Waals surface area (Å²) in [7, 11) is 0. The van der Waals surface area contributed by atoms with Crippen molar-refractivity contribution in [1.29, 1.82) is 0 Å². The molecule has 1 aromatic carbocycles. The van der Waals surface area contributed by atoms with Crippen LogP contribution in [0.5, 0.6) is 0 Å². The highest BCUT2D eigenvalue weighted by Gasteiger charge is 2.30. The minimum atomic E-state index is -1.26. The maximum atomic E-state index is 13.0. The van der Waals surface area contributed by atoms with Crippen LogP contribution in [0.2, 0.25) is 0 Å². The molecule has 0 spiro atoms. The first-order valence-electron chi connectivity index (χ1n) is 11.1. The van der Waals surface area contributed by atoms with Crippen LogP contribution in [0.4, 0.5) is 0 Å². The van der Waals surface area contributed by atoms with E-state index in [1.54, 1.807) is 0 Å². The van der Waals surface area contributed by atoms with Crippen molar-refractivity contribution in [2.24, 2.45) is 17.4 Å². The lowest BCUT2D eigenvalue weighted by molar-refractivity contribution is -0.142. The van der Waals surface area contributed by atoms with Crippen LogP contribution in [-0.2, 0) is 30.4 Å². The van der Waals surface area contributed by atoms with Crippen molar-refractivity contribution in [3.8, 4) is 0 Å². The molecule has 0 heterocycles. The van der Waals surface area contributed by atoms with Gasteiger partial charge in [0.05, 0.1) is 6.04 Å². The van der Waals surface area contributed by atoms with Crippen LogP contribution in [-0.4, -0.2) is 58.9 Å². The number of nitrogens with two attached hydrogens (primary N) is 2. The van der Waals surface area contributed by atoms with E-state index in [-0.39, 0.29) is 31.6 Å². The Morgan fingerprint density at radius 2 is 1.44 bits per heavy atom. The number of rotatable bonds is 14. The number of benzene rings is 1. The SMILES string of the molecule is CC(C)CC(NC(=O)C(N)Cc1ccccc1)C(=O)NC(CCC(N)=O)C(=O)NC(C)C(=O)O. The molecule has 34 heavy (non-hydrogen) atoms. The number of nitrogens with one attached hydrogen (secondary N) is 3. The first-order valence-corrected chi connectivity index (χ1v) is 11.1. The number of carbonyl (C=O) groups excluding carboxylic acids is 4. The number of carbonyl (C=O) groups is 5. The molecule has 0 fully saturated rings. The molecule has 0 saturated carbocycles. The summed E-state index contributed by atoms with van der Waals surface area (Å²) in [4.78, 5) is 60.5. The van der Waals surface area contributed by atoms with E-state index in [9.17, 15) is 24.0 Å². The molecule has 4 atom stereocenters. The molecule has 11 nitrogen and oxygen atoms in total. The lowest BCUT2D eigenvalue weighted by Crippen LogP contribution is -2.57. The second kappa shape index (κ2) is 13.9. The second-order valence-corrected chi connectivity index (χ2v) is 8.62. The van der Waals surface area contributed by atoms with E-state index in [0.29, 0.717) is 0 Å². The Hall–Kier alpha value is -3.47. The zero-order valence-corrected chi connectivity index (χ0v) is 19.7. The van der Waals surface area contributed by atoms with E-state index in [0.717, 1.165) is 5.56 Å². The van der Waals surface area contributed by atoms with Crippen molar-refractivity contribution < 1.29 is 29.1 Å². The maximum absolute atomic E-state index is 13.0. The number of primary amides is 1. The molecule has 0 aliphatic heterocycles. The molecule has 0 bridgehead atoms. The fraction of sp³-hybridized carbons (Fsp3) is 0.522. The van der Waals surface area contributed by atoms with Crippen LogP contribution in [0.15, 0.2) is 30.3 Å². The summed E-state index contributed by atoms with van der Waals surface area (Å²) in [5.41, 5.74) is 12.1. The van der Waals surface area contributed by atoms with Gasteiger partial charge in [-0.1, -0.05) is 44.2 Å². The maximum Gasteiger partial charge on any atom is 0.325 e. The van der Waals surface area contributed by atoms with Gasteiger partial charge >= 0.3 is 5.97 Å². The number of amides is 4. The summed E-state index contributed by atoms with van der Waals surface area (Å²) < 4.78 is 0. The summed E-state index contributed by atoms with van der Waals surface area (Å²) in [6.45, 7) is 4.99. The van der Waals surface area contributed by atoms with E-state index >= 15 is 0 Å². The van der Waals surface area contributed by atoms with Crippen molar-refractivity contribution in [1.82, 2.24) is 16.0 Å². The van der Waals surface area contributed by atoms with Gasteiger partial charge in [0.25, 0.3) is 0 Å². The number of carboxylic acid groups (broad SMARTS) is 1. The zero-order chi connectivity index (χ0) is 25.8. The highest BCUT2D eigenvalue weighted by molar-refractivity contribution is 5.94. The first-order chi connectivity index (χ1) is 15.9. The minimum absolute atomic E-state index is 0.0197. The topological polar surface area (TPSA) is 194 Å². The standard InChI is InChI=1S/C23H35N5O6/c1-13(2)11-18(28-20(30)16(24)12-15-7-5-4-6-8-15)22(32)27-17(9-10-19(25)29)21(31)26-14(3)23(33)34/h4-8,13-14,16-18H,9-12,24H2,1-3H3,(H2,25,29)(H,26,31)(H,27,32)(H,28,30)(H,33,34). The van der Waals surface area contributed by atoms with Gasteiger partial charge < -0.3 is 32.5 Å². The number of aliphatic carboxylic acids is 1. The predicted molar refractivity (Wildman–Crippen MR) is 125 cm³/mol. The van der Waals surface area contributed by atoms with Gasteiger partial charge in [0, 0.05) is 6.42 Å². The van der Waals surface area contributed by atoms with Gasteiger partial charge in [0.2, 0.25) is 23.6 Å². The van der Waals surface area contributed by atoms with Crippen LogP contribution < -0.4 is 27.4 Å².